The van der Waals surface area contributed by atoms with Crippen LogP contribution in [0.4, 0.5) is 0 Å². The van der Waals surface area contributed by atoms with Crippen LogP contribution in [0.5, 0.6) is 5.75 Å². The highest BCUT2D eigenvalue weighted by atomic mass is 16.5. The normalized spacial score (nSPS) is 23.2. The fraction of sp³-hybridized carbons (Fsp3) is 0.533. The summed E-state index contributed by atoms with van der Waals surface area (Å²) in [6.45, 7) is 3.62. The Kier molecular flexibility index (Phi) is 4.43. The Morgan fingerprint density at radius 3 is 2.79 bits per heavy atom. The molecule has 0 saturated carbocycles. The maximum absolute atomic E-state index is 12.4. The quantitative estimate of drug-likeness (QED) is 0.839. The van der Waals surface area contributed by atoms with Crippen molar-refractivity contribution in [3.05, 3.63) is 29.8 Å². The highest BCUT2D eigenvalue weighted by Gasteiger charge is 2.29. The Hall–Kier alpha value is -1.55. The van der Waals surface area contributed by atoms with Gasteiger partial charge in [0.15, 0.2) is 0 Å². The standard InChI is InChI=1S/C15H21NO3/c1-11-10-16(8-7-14(11)19-3)15(17)12-5-4-6-13(9-12)18-2/h4-6,9,11,14H,7-8,10H2,1-3H3/t11-,14+/m1/s1. The van der Waals surface area contributed by atoms with E-state index in [1.165, 1.54) is 0 Å². The lowest BCUT2D eigenvalue weighted by Crippen LogP contribution is -2.45. The maximum atomic E-state index is 12.4. The number of piperidine rings is 1. The van der Waals surface area contributed by atoms with Crippen LogP contribution in [0, 0.1) is 5.92 Å². The number of carbonyl (C=O) groups is 1. The summed E-state index contributed by atoms with van der Waals surface area (Å²) < 4.78 is 10.6. The van der Waals surface area contributed by atoms with Crippen molar-refractivity contribution in [1.29, 1.82) is 0 Å². The minimum Gasteiger partial charge on any atom is -0.497 e. The third-order valence-corrected chi connectivity index (χ3v) is 3.73. The van der Waals surface area contributed by atoms with Crippen molar-refractivity contribution in [2.75, 3.05) is 27.3 Å². The van der Waals surface area contributed by atoms with Crippen LogP contribution >= 0.6 is 0 Å². The number of hydrogen-bond acceptors (Lipinski definition) is 3. The number of hydrogen-bond donors (Lipinski definition) is 0. The topological polar surface area (TPSA) is 38.8 Å². The fourth-order valence-corrected chi connectivity index (χ4v) is 2.60. The van der Waals surface area contributed by atoms with E-state index in [4.69, 9.17) is 9.47 Å². The monoisotopic (exact) mass is 263 g/mol. The van der Waals surface area contributed by atoms with Crippen molar-refractivity contribution in [3.63, 3.8) is 0 Å². The molecule has 0 N–H and O–H groups in total. The molecule has 1 aromatic rings. The number of rotatable bonds is 3. The van der Waals surface area contributed by atoms with Gasteiger partial charge in [0.2, 0.25) is 0 Å². The number of methoxy groups -OCH3 is 2. The molecule has 104 valence electrons. The van der Waals surface area contributed by atoms with E-state index >= 15 is 0 Å². The Morgan fingerprint density at radius 1 is 1.37 bits per heavy atom. The van der Waals surface area contributed by atoms with Gasteiger partial charge in [-0.3, -0.25) is 4.79 Å². The van der Waals surface area contributed by atoms with E-state index in [1.54, 1.807) is 20.3 Å². The van der Waals surface area contributed by atoms with E-state index in [2.05, 4.69) is 6.92 Å². The summed E-state index contributed by atoms with van der Waals surface area (Å²) in [5, 5.41) is 0. The van der Waals surface area contributed by atoms with Crippen molar-refractivity contribution < 1.29 is 14.3 Å². The van der Waals surface area contributed by atoms with Gasteiger partial charge in [-0.25, -0.2) is 0 Å². The second-order valence-corrected chi connectivity index (χ2v) is 5.02. The Labute approximate surface area is 114 Å². The lowest BCUT2D eigenvalue weighted by molar-refractivity contribution is 0.00295. The van der Waals surface area contributed by atoms with Gasteiger partial charge >= 0.3 is 0 Å². The molecule has 4 nitrogen and oxygen atoms in total. The molecule has 2 rings (SSSR count). The predicted molar refractivity (Wildman–Crippen MR) is 73.5 cm³/mol. The van der Waals surface area contributed by atoms with Gasteiger partial charge in [0, 0.05) is 25.8 Å². The number of likely N-dealkylation sites (tertiary alicyclic amines) is 1. The van der Waals surface area contributed by atoms with Gasteiger partial charge in [-0.05, 0) is 30.5 Å². The van der Waals surface area contributed by atoms with Crippen molar-refractivity contribution in [1.82, 2.24) is 4.90 Å². The molecule has 1 aliphatic rings. The molecular weight excluding hydrogens is 242 g/mol. The minimum atomic E-state index is 0.0697. The average molecular weight is 263 g/mol. The molecule has 1 saturated heterocycles. The zero-order valence-electron chi connectivity index (χ0n) is 11.8. The average Bonchev–Trinajstić information content (AvgIpc) is 2.46. The van der Waals surface area contributed by atoms with Crippen LogP contribution in [0.3, 0.4) is 0 Å². The van der Waals surface area contributed by atoms with Crippen LogP contribution in [0.2, 0.25) is 0 Å². The summed E-state index contributed by atoms with van der Waals surface area (Å²) >= 11 is 0. The van der Waals surface area contributed by atoms with Crippen molar-refractivity contribution in [3.8, 4) is 5.75 Å². The first-order chi connectivity index (χ1) is 9.15. The Morgan fingerprint density at radius 2 is 2.16 bits per heavy atom. The number of carbonyl (C=O) groups excluding carboxylic acids is 1. The Bertz CT molecular complexity index is 447. The molecule has 4 heteroatoms. The lowest BCUT2D eigenvalue weighted by Gasteiger charge is -2.36. The Balaban J connectivity index is 2.07. The molecule has 0 radical (unpaired) electrons. The molecule has 1 aromatic carbocycles. The van der Waals surface area contributed by atoms with Gasteiger partial charge in [-0.1, -0.05) is 13.0 Å². The highest BCUT2D eigenvalue weighted by molar-refractivity contribution is 5.94. The van der Waals surface area contributed by atoms with E-state index in [9.17, 15) is 4.79 Å². The number of benzene rings is 1. The molecule has 1 amide bonds. The molecule has 0 unspecified atom stereocenters. The summed E-state index contributed by atoms with van der Waals surface area (Å²) in [7, 11) is 3.34. The van der Waals surface area contributed by atoms with Crippen LogP contribution < -0.4 is 4.74 Å². The summed E-state index contributed by atoms with van der Waals surface area (Å²) in [6.07, 6.45) is 1.15. The van der Waals surface area contributed by atoms with Crippen molar-refractivity contribution in [2.24, 2.45) is 5.92 Å². The van der Waals surface area contributed by atoms with Gasteiger partial charge in [0.05, 0.1) is 13.2 Å². The molecule has 0 aromatic heterocycles. The highest BCUT2D eigenvalue weighted by Crippen LogP contribution is 2.22. The second kappa shape index (κ2) is 6.06. The van der Waals surface area contributed by atoms with E-state index in [0.29, 0.717) is 17.2 Å². The van der Waals surface area contributed by atoms with Crippen LogP contribution in [0.15, 0.2) is 24.3 Å². The first-order valence-electron chi connectivity index (χ1n) is 6.62. The van der Waals surface area contributed by atoms with Crippen LogP contribution in [0.1, 0.15) is 23.7 Å². The first kappa shape index (κ1) is 13.9. The van der Waals surface area contributed by atoms with Gasteiger partial charge in [0.25, 0.3) is 5.91 Å². The molecule has 0 bridgehead atoms. The molecule has 1 fully saturated rings. The summed E-state index contributed by atoms with van der Waals surface area (Å²) in [5.74, 6) is 1.15. The van der Waals surface area contributed by atoms with E-state index in [0.717, 1.165) is 19.5 Å². The molecule has 0 aliphatic carbocycles. The second-order valence-electron chi connectivity index (χ2n) is 5.02. The molecular formula is C15H21NO3. The number of nitrogens with zero attached hydrogens (tertiary/aromatic N) is 1. The fourth-order valence-electron chi connectivity index (χ4n) is 2.60. The maximum Gasteiger partial charge on any atom is 0.253 e. The third kappa shape index (κ3) is 3.07. The van der Waals surface area contributed by atoms with Gasteiger partial charge < -0.3 is 14.4 Å². The molecule has 0 spiro atoms. The smallest absolute Gasteiger partial charge is 0.253 e. The molecule has 1 heterocycles. The lowest BCUT2D eigenvalue weighted by atomic mass is 9.96. The van der Waals surface area contributed by atoms with Gasteiger partial charge in [-0.2, -0.15) is 0 Å². The summed E-state index contributed by atoms with van der Waals surface area (Å²) in [6, 6.07) is 7.31. The van der Waals surface area contributed by atoms with E-state index in [-0.39, 0.29) is 12.0 Å². The largest absolute Gasteiger partial charge is 0.497 e. The SMILES string of the molecule is COc1cccc(C(=O)N2CC[C@H](OC)[C@H](C)C2)c1. The first-order valence-corrected chi connectivity index (χ1v) is 6.62. The zero-order valence-corrected chi connectivity index (χ0v) is 11.8. The number of amides is 1. The van der Waals surface area contributed by atoms with Crippen LogP contribution in [0.25, 0.3) is 0 Å². The molecule has 19 heavy (non-hydrogen) atoms. The predicted octanol–water partition coefficient (Wildman–Crippen LogP) is 2.19. The van der Waals surface area contributed by atoms with Crippen LogP contribution in [-0.2, 0) is 4.74 Å². The third-order valence-electron chi connectivity index (χ3n) is 3.73. The van der Waals surface area contributed by atoms with Crippen LogP contribution in [-0.4, -0.2) is 44.2 Å². The van der Waals surface area contributed by atoms with E-state index < -0.39 is 0 Å². The zero-order chi connectivity index (χ0) is 13.8. The van der Waals surface area contributed by atoms with E-state index in [1.807, 2.05) is 23.1 Å². The van der Waals surface area contributed by atoms with Crippen molar-refractivity contribution >= 4 is 5.91 Å². The summed E-state index contributed by atoms with van der Waals surface area (Å²) in [4.78, 5) is 14.3. The van der Waals surface area contributed by atoms with Gasteiger partial charge in [-0.15, -0.1) is 0 Å². The number of ether oxygens (including phenoxy) is 2. The molecule has 1 aliphatic heterocycles. The van der Waals surface area contributed by atoms with Crippen molar-refractivity contribution in [2.45, 2.75) is 19.4 Å². The van der Waals surface area contributed by atoms with Gasteiger partial charge in [0.1, 0.15) is 5.75 Å². The minimum absolute atomic E-state index is 0.0697. The molecule has 2 atom stereocenters. The summed E-state index contributed by atoms with van der Waals surface area (Å²) in [5.41, 5.74) is 0.683.